The minimum atomic E-state index is -0.918. The summed E-state index contributed by atoms with van der Waals surface area (Å²) in [4.78, 5) is 39.2. The van der Waals surface area contributed by atoms with Crippen molar-refractivity contribution in [1.29, 1.82) is 0 Å². The Morgan fingerprint density at radius 2 is 1.80 bits per heavy atom. The summed E-state index contributed by atoms with van der Waals surface area (Å²) in [5, 5.41) is 0.511. The van der Waals surface area contributed by atoms with E-state index in [0.29, 0.717) is 5.06 Å². The van der Waals surface area contributed by atoms with Crippen molar-refractivity contribution in [2.45, 2.75) is 32.2 Å². The van der Waals surface area contributed by atoms with E-state index in [1.54, 1.807) is 0 Å². The molecular weight excluding hydrogens is 260 g/mol. The molecule has 1 saturated heterocycles. The molecule has 20 heavy (non-hydrogen) atoms. The minimum absolute atomic E-state index is 0.0688. The zero-order valence-corrected chi connectivity index (χ0v) is 11.2. The molecule has 0 bridgehead atoms. The van der Waals surface area contributed by atoms with Gasteiger partial charge in [-0.3, -0.25) is 9.59 Å². The summed E-state index contributed by atoms with van der Waals surface area (Å²) in [5.41, 5.74) is 7.73. The van der Waals surface area contributed by atoms with Gasteiger partial charge in [0.1, 0.15) is 6.04 Å². The molecule has 0 saturated carbocycles. The van der Waals surface area contributed by atoms with Gasteiger partial charge in [-0.25, -0.2) is 4.79 Å². The molecule has 1 atom stereocenters. The number of benzene rings is 1. The summed E-state index contributed by atoms with van der Waals surface area (Å²) in [7, 11) is 0. The Balaban J connectivity index is 1.93. The molecule has 6 heteroatoms. The normalized spacial score (nSPS) is 16.4. The van der Waals surface area contributed by atoms with Gasteiger partial charge < -0.3 is 10.6 Å². The molecular formula is C14H16N2O4. The molecule has 1 aliphatic heterocycles. The largest absolute Gasteiger partial charge is 0.350 e. The zero-order valence-electron chi connectivity index (χ0n) is 11.2. The molecule has 6 nitrogen and oxygen atoms in total. The molecule has 0 spiro atoms. The fourth-order valence-corrected chi connectivity index (χ4v) is 1.88. The number of hydrogen-bond acceptors (Lipinski definition) is 5. The van der Waals surface area contributed by atoms with Gasteiger partial charge >= 0.3 is 5.97 Å². The van der Waals surface area contributed by atoms with E-state index in [4.69, 9.17) is 10.6 Å². The molecule has 1 aromatic rings. The first-order valence-corrected chi connectivity index (χ1v) is 6.36. The van der Waals surface area contributed by atoms with Crippen molar-refractivity contribution in [2.24, 2.45) is 5.73 Å². The highest BCUT2D eigenvalue weighted by molar-refractivity contribution is 6.01. The van der Waals surface area contributed by atoms with Crippen LogP contribution in [0.3, 0.4) is 0 Å². The summed E-state index contributed by atoms with van der Waals surface area (Å²) in [6, 6.07) is 6.66. The zero-order chi connectivity index (χ0) is 14.7. The van der Waals surface area contributed by atoms with Crippen LogP contribution < -0.4 is 5.73 Å². The lowest BCUT2D eigenvalue weighted by molar-refractivity contribution is -0.198. The van der Waals surface area contributed by atoms with Crippen LogP contribution in [0.2, 0.25) is 0 Å². The maximum Gasteiger partial charge on any atom is 0.350 e. The molecule has 0 aromatic heterocycles. The number of carbonyl (C=O) groups is 3. The quantitative estimate of drug-likeness (QED) is 0.807. The number of nitrogens with zero attached hydrogens (tertiary/aromatic N) is 1. The molecule has 1 aromatic carbocycles. The summed E-state index contributed by atoms with van der Waals surface area (Å²) < 4.78 is 0. The first kappa shape index (κ1) is 14.2. The summed E-state index contributed by atoms with van der Waals surface area (Å²) in [6.07, 6.45) is 0.425. The average Bonchev–Trinajstić information content (AvgIpc) is 2.73. The summed E-state index contributed by atoms with van der Waals surface area (Å²) in [6.45, 7) is 1.96. The number of hydrogen-bond donors (Lipinski definition) is 1. The third kappa shape index (κ3) is 3.21. The monoisotopic (exact) mass is 276 g/mol. The van der Waals surface area contributed by atoms with Gasteiger partial charge in [0.15, 0.2) is 0 Å². The highest BCUT2D eigenvalue weighted by Gasteiger charge is 2.34. The van der Waals surface area contributed by atoms with E-state index in [0.717, 1.165) is 11.1 Å². The van der Waals surface area contributed by atoms with E-state index >= 15 is 0 Å². The van der Waals surface area contributed by atoms with Crippen LogP contribution in [0, 0.1) is 6.92 Å². The second-order valence-corrected chi connectivity index (χ2v) is 4.79. The first-order chi connectivity index (χ1) is 9.47. The molecule has 1 fully saturated rings. The third-order valence-electron chi connectivity index (χ3n) is 3.07. The highest BCUT2D eigenvalue weighted by atomic mass is 16.7. The van der Waals surface area contributed by atoms with Crippen molar-refractivity contribution in [2.75, 3.05) is 0 Å². The van der Waals surface area contributed by atoms with E-state index < -0.39 is 23.8 Å². The standard InChI is InChI=1S/C14H16N2O4/c1-9-2-4-10(5-3-9)8-11(15)14(19)20-16-12(17)6-7-13(16)18/h2-5,11H,6-8,15H2,1H3. The van der Waals surface area contributed by atoms with E-state index in [-0.39, 0.29) is 19.3 Å². The molecule has 2 N–H and O–H groups in total. The van der Waals surface area contributed by atoms with Gasteiger partial charge in [-0.15, -0.1) is 5.06 Å². The van der Waals surface area contributed by atoms with Crippen LogP contribution in [0.25, 0.3) is 0 Å². The Morgan fingerprint density at radius 1 is 1.25 bits per heavy atom. The maximum atomic E-state index is 11.8. The van der Waals surface area contributed by atoms with Crippen molar-refractivity contribution < 1.29 is 19.2 Å². The molecule has 2 rings (SSSR count). The fourth-order valence-electron chi connectivity index (χ4n) is 1.88. The number of aryl methyl sites for hydroxylation is 1. The Bertz CT molecular complexity index is 523. The molecule has 2 amide bonds. The van der Waals surface area contributed by atoms with Crippen LogP contribution >= 0.6 is 0 Å². The van der Waals surface area contributed by atoms with Crippen molar-refractivity contribution in [1.82, 2.24) is 5.06 Å². The van der Waals surface area contributed by atoms with Crippen molar-refractivity contribution >= 4 is 17.8 Å². The minimum Gasteiger partial charge on any atom is -0.329 e. The van der Waals surface area contributed by atoms with Gasteiger partial charge in [0.05, 0.1) is 0 Å². The number of imide groups is 1. The Kier molecular flexibility index (Phi) is 4.14. The van der Waals surface area contributed by atoms with E-state index in [2.05, 4.69) is 0 Å². The molecule has 1 aliphatic rings. The fraction of sp³-hybridized carbons (Fsp3) is 0.357. The first-order valence-electron chi connectivity index (χ1n) is 6.36. The second-order valence-electron chi connectivity index (χ2n) is 4.79. The lowest BCUT2D eigenvalue weighted by Gasteiger charge is -2.16. The van der Waals surface area contributed by atoms with Gasteiger partial charge in [0.2, 0.25) is 0 Å². The molecule has 0 radical (unpaired) electrons. The summed E-state index contributed by atoms with van der Waals surface area (Å²) in [5.74, 6) is -1.80. The van der Waals surface area contributed by atoms with Crippen molar-refractivity contribution in [3.63, 3.8) is 0 Å². The van der Waals surface area contributed by atoms with Crippen LogP contribution in [-0.2, 0) is 25.6 Å². The topological polar surface area (TPSA) is 89.7 Å². The van der Waals surface area contributed by atoms with Gasteiger partial charge in [0, 0.05) is 12.8 Å². The van der Waals surface area contributed by atoms with Crippen LogP contribution in [-0.4, -0.2) is 28.9 Å². The van der Waals surface area contributed by atoms with Gasteiger partial charge in [-0.05, 0) is 18.9 Å². The molecule has 1 heterocycles. The number of rotatable bonds is 4. The Morgan fingerprint density at radius 3 is 2.35 bits per heavy atom. The highest BCUT2D eigenvalue weighted by Crippen LogP contribution is 2.13. The SMILES string of the molecule is Cc1ccc(CC(N)C(=O)ON2C(=O)CCC2=O)cc1. The van der Waals surface area contributed by atoms with E-state index in [9.17, 15) is 14.4 Å². The van der Waals surface area contributed by atoms with Crippen LogP contribution in [0.5, 0.6) is 0 Å². The number of nitrogens with two attached hydrogens (primary N) is 1. The van der Waals surface area contributed by atoms with Gasteiger partial charge in [-0.1, -0.05) is 29.8 Å². The van der Waals surface area contributed by atoms with Crippen LogP contribution in [0.15, 0.2) is 24.3 Å². The Hall–Kier alpha value is -2.21. The number of hydroxylamine groups is 2. The predicted molar refractivity (Wildman–Crippen MR) is 70.0 cm³/mol. The van der Waals surface area contributed by atoms with Crippen LogP contribution in [0.4, 0.5) is 0 Å². The third-order valence-corrected chi connectivity index (χ3v) is 3.07. The smallest absolute Gasteiger partial charge is 0.329 e. The lowest BCUT2D eigenvalue weighted by Crippen LogP contribution is -2.41. The van der Waals surface area contributed by atoms with Gasteiger partial charge in [-0.2, -0.15) is 0 Å². The van der Waals surface area contributed by atoms with E-state index in [1.807, 2.05) is 31.2 Å². The van der Waals surface area contributed by atoms with Crippen LogP contribution in [0.1, 0.15) is 24.0 Å². The van der Waals surface area contributed by atoms with E-state index in [1.165, 1.54) is 0 Å². The Labute approximate surface area is 116 Å². The molecule has 0 aliphatic carbocycles. The van der Waals surface area contributed by atoms with Crippen molar-refractivity contribution in [3.05, 3.63) is 35.4 Å². The predicted octanol–water partition coefficient (Wildman–Crippen LogP) is 0.472. The summed E-state index contributed by atoms with van der Waals surface area (Å²) >= 11 is 0. The number of carbonyl (C=O) groups excluding carboxylic acids is 3. The lowest BCUT2D eigenvalue weighted by atomic mass is 10.1. The van der Waals surface area contributed by atoms with Gasteiger partial charge in [0.25, 0.3) is 11.8 Å². The number of amides is 2. The average molecular weight is 276 g/mol. The molecule has 1 unspecified atom stereocenters. The molecule has 106 valence electrons. The second kappa shape index (κ2) is 5.83. The maximum absolute atomic E-state index is 11.8. The van der Waals surface area contributed by atoms with Crippen molar-refractivity contribution in [3.8, 4) is 0 Å².